The molecule has 2 heterocycles. The van der Waals surface area contributed by atoms with Gasteiger partial charge in [-0.25, -0.2) is 9.48 Å². The van der Waals surface area contributed by atoms with Crippen molar-refractivity contribution in [2.75, 3.05) is 20.8 Å². The summed E-state index contributed by atoms with van der Waals surface area (Å²) in [6.45, 7) is 1.19. The number of rotatable bonds is 7. The summed E-state index contributed by atoms with van der Waals surface area (Å²) in [6, 6.07) is 7.85. The highest BCUT2D eigenvalue weighted by molar-refractivity contribution is 5.86. The number of carbonyl (C=O) groups is 2. The van der Waals surface area contributed by atoms with E-state index in [1.165, 1.54) is 32.8 Å². The van der Waals surface area contributed by atoms with E-state index in [4.69, 9.17) is 9.47 Å². The third-order valence-electron chi connectivity index (χ3n) is 6.82. The van der Waals surface area contributed by atoms with Gasteiger partial charge in [0.1, 0.15) is 5.75 Å². The molecule has 4 rings (SSSR count). The molecule has 9 heteroatoms. The van der Waals surface area contributed by atoms with Crippen molar-refractivity contribution in [3.8, 4) is 5.75 Å². The van der Waals surface area contributed by atoms with E-state index >= 15 is 0 Å². The first-order chi connectivity index (χ1) is 16.1. The third-order valence-corrected chi connectivity index (χ3v) is 6.82. The second kappa shape index (κ2) is 10.8. The largest absolute Gasteiger partial charge is 0.497 e. The molecule has 1 aromatic heterocycles. The lowest BCUT2D eigenvalue weighted by Crippen LogP contribution is -2.47. The monoisotopic (exact) mass is 455 g/mol. The number of nitrogens with one attached hydrogen (secondary N) is 1. The Morgan fingerprint density at radius 3 is 2.45 bits per heavy atom. The zero-order chi connectivity index (χ0) is 23.2. The van der Waals surface area contributed by atoms with Crippen molar-refractivity contribution in [2.45, 2.75) is 69.6 Å². The third kappa shape index (κ3) is 5.52. The van der Waals surface area contributed by atoms with Gasteiger partial charge < -0.3 is 14.8 Å². The SMILES string of the molecule is COC(=O)c1cn([C@H]2C[C@@H](C(=O)NCc3ccc(OC)cc3)N(C3CCCCCC3)C2)nn1. The summed E-state index contributed by atoms with van der Waals surface area (Å²) in [4.78, 5) is 27.5. The zero-order valence-corrected chi connectivity index (χ0v) is 19.4. The average molecular weight is 456 g/mol. The van der Waals surface area contributed by atoms with Gasteiger partial charge in [0.25, 0.3) is 0 Å². The molecule has 2 fully saturated rings. The van der Waals surface area contributed by atoms with Crippen molar-refractivity contribution in [1.29, 1.82) is 0 Å². The Kier molecular flexibility index (Phi) is 7.59. The van der Waals surface area contributed by atoms with Crippen LogP contribution in [0.1, 0.15) is 67.0 Å². The van der Waals surface area contributed by atoms with Crippen molar-refractivity contribution in [1.82, 2.24) is 25.2 Å². The molecule has 1 aliphatic carbocycles. The topological polar surface area (TPSA) is 98.6 Å². The van der Waals surface area contributed by atoms with Gasteiger partial charge in [0.15, 0.2) is 5.69 Å². The smallest absolute Gasteiger partial charge is 0.360 e. The molecule has 0 unspecified atom stereocenters. The second-order valence-corrected chi connectivity index (χ2v) is 8.89. The molecule has 1 saturated heterocycles. The summed E-state index contributed by atoms with van der Waals surface area (Å²) in [7, 11) is 2.96. The van der Waals surface area contributed by atoms with Crippen LogP contribution in [0.2, 0.25) is 0 Å². The maximum atomic E-state index is 13.3. The minimum atomic E-state index is -0.506. The molecule has 1 amide bonds. The number of benzene rings is 1. The van der Waals surface area contributed by atoms with Gasteiger partial charge in [-0.15, -0.1) is 5.10 Å². The number of hydrogen-bond acceptors (Lipinski definition) is 7. The van der Waals surface area contributed by atoms with Crippen LogP contribution >= 0.6 is 0 Å². The molecule has 0 bridgehead atoms. The number of esters is 1. The van der Waals surface area contributed by atoms with Gasteiger partial charge in [0, 0.05) is 19.1 Å². The maximum absolute atomic E-state index is 13.3. The summed E-state index contributed by atoms with van der Waals surface area (Å²) >= 11 is 0. The van der Waals surface area contributed by atoms with Crippen molar-refractivity contribution in [2.24, 2.45) is 0 Å². The molecule has 1 saturated carbocycles. The standard InChI is InChI=1S/C24H33N5O4/c1-32-20-11-9-17(10-12-20)14-25-23(30)22-13-19(29-16-21(26-27-29)24(31)33-2)15-28(22)18-7-5-3-4-6-8-18/h9-12,16,18-19,22H,3-8,13-15H2,1-2H3,(H,25,30)/t19-,22-/m0/s1. The van der Waals surface area contributed by atoms with E-state index < -0.39 is 5.97 Å². The molecule has 0 spiro atoms. The van der Waals surface area contributed by atoms with Gasteiger partial charge in [-0.1, -0.05) is 43.0 Å². The molecule has 33 heavy (non-hydrogen) atoms. The Balaban J connectivity index is 1.47. The number of hydrogen-bond donors (Lipinski definition) is 1. The first kappa shape index (κ1) is 23.2. The Morgan fingerprint density at radius 2 is 1.79 bits per heavy atom. The van der Waals surface area contributed by atoms with Crippen molar-refractivity contribution < 1.29 is 19.1 Å². The highest BCUT2D eigenvalue weighted by atomic mass is 16.5. The van der Waals surface area contributed by atoms with Gasteiger partial charge in [-0.3, -0.25) is 9.69 Å². The summed E-state index contributed by atoms with van der Waals surface area (Å²) in [5.74, 6) is 0.321. The molecule has 0 radical (unpaired) electrons. The molecule has 2 aromatic rings. The van der Waals surface area contributed by atoms with Crippen molar-refractivity contribution in [3.63, 3.8) is 0 Å². The number of methoxy groups -OCH3 is 2. The molecule has 178 valence electrons. The number of ether oxygens (including phenoxy) is 2. The quantitative estimate of drug-likeness (QED) is 0.506. The summed E-state index contributed by atoms with van der Waals surface area (Å²) in [6.07, 6.45) is 9.39. The summed E-state index contributed by atoms with van der Waals surface area (Å²) < 4.78 is 11.7. The van der Waals surface area contributed by atoms with Crippen LogP contribution in [0, 0.1) is 0 Å². The number of amides is 1. The molecule has 1 N–H and O–H groups in total. The molecule has 9 nitrogen and oxygen atoms in total. The normalized spacial score (nSPS) is 22.0. The highest BCUT2D eigenvalue weighted by Crippen LogP contribution is 2.33. The van der Waals surface area contributed by atoms with Gasteiger partial charge in [0.05, 0.1) is 32.5 Å². The van der Waals surface area contributed by atoms with Crippen molar-refractivity contribution >= 4 is 11.9 Å². The van der Waals surface area contributed by atoms with Crippen LogP contribution in [0.3, 0.4) is 0 Å². The molecule has 1 aliphatic heterocycles. The lowest BCUT2D eigenvalue weighted by molar-refractivity contribution is -0.126. The summed E-state index contributed by atoms with van der Waals surface area (Å²) in [5, 5.41) is 11.2. The predicted molar refractivity (Wildman–Crippen MR) is 122 cm³/mol. The maximum Gasteiger partial charge on any atom is 0.360 e. The number of likely N-dealkylation sites (tertiary alicyclic amines) is 1. The Morgan fingerprint density at radius 1 is 1.06 bits per heavy atom. The first-order valence-corrected chi connectivity index (χ1v) is 11.8. The van der Waals surface area contributed by atoms with Crippen LogP contribution in [-0.4, -0.2) is 64.6 Å². The molecular weight excluding hydrogens is 422 g/mol. The van der Waals surface area contributed by atoms with Gasteiger partial charge in [0.2, 0.25) is 5.91 Å². The van der Waals surface area contributed by atoms with Crippen molar-refractivity contribution in [3.05, 3.63) is 41.7 Å². The van der Waals surface area contributed by atoms with E-state index in [-0.39, 0.29) is 23.7 Å². The van der Waals surface area contributed by atoms with Gasteiger partial charge >= 0.3 is 5.97 Å². The van der Waals surface area contributed by atoms with E-state index in [9.17, 15) is 9.59 Å². The molecular formula is C24H33N5O4. The summed E-state index contributed by atoms with van der Waals surface area (Å²) in [5.41, 5.74) is 1.21. The van der Waals surface area contributed by atoms with Crippen LogP contribution in [0.15, 0.2) is 30.5 Å². The van der Waals surface area contributed by atoms with Gasteiger partial charge in [-0.2, -0.15) is 0 Å². The highest BCUT2D eigenvalue weighted by Gasteiger charge is 2.41. The lowest BCUT2D eigenvalue weighted by Gasteiger charge is -2.31. The lowest BCUT2D eigenvalue weighted by atomic mass is 10.1. The van der Waals surface area contributed by atoms with E-state index in [2.05, 4.69) is 20.5 Å². The van der Waals surface area contributed by atoms with E-state index in [1.807, 2.05) is 24.3 Å². The minimum Gasteiger partial charge on any atom is -0.497 e. The number of aromatic nitrogens is 3. The van der Waals surface area contributed by atoms with E-state index in [0.29, 0.717) is 19.0 Å². The molecule has 2 atom stereocenters. The first-order valence-electron chi connectivity index (χ1n) is 11.8. The molecule has 2 aliphatic rings. The van der Waals surface area contributed by atoms with E-state index in [0.717, 1.165) is 30.7 Å². The minimum absolute atomic E-state index is 0.0177. The Hall–Kier alpha value is -2.94. The fourth-order valence-electron chi connectivity index (χ4n) is 4.98. The molecule has 1 aromatic carbocycles. The van der Waals surface area contributed by atoms with E-state index in [1.54, 1.807) is 18.0 Å². The van der Waals surface area contributed by atoms with Gasteiger partial charge in [-0.05, 0) is 37.0 Å². The van der Waals surface area contributed by atoms with Crippen LogP contribution in [0.25, 0.3) is 0 Å². The van der Waals surface area contributed by atoms with Crippen LogP contribution in [0.4, 0.5) is 0 Å². The zero-order valence-electron chi connectivity index (χ0n) is 19.4. The fourth-order valence-corrected chi connectivity index (χ4v) is 4.98. The fraction of sp³-hybridized carbons (Fsp3) is 0.583. The van der Waals surface area contributed by atoms with Crippen LogP contribution in [0.5, 0.6) is 5.75 Å². The predicted octanol–water partition coefficient (Wildman–Crippen LogP) is 2.73. The number of nitrogens with zero attached hydrogens (tertiary/aromatic N) is 4. The Bertz CT molecular complexity index is 937. The average Bonchev–Trinajstić information content (AvgIpc) is 3.43. The Labute approximate surface area is 194 Å². The van der Waals surface area contributed by atoms with Crippen LogP contribution in [-0.2, 0) is 16.1 Å². The second-order valence-electron chi connectivity index (χ2n) is 8.89. The van der Waals surface area contributed by atoms with Crippen LogP contribution < -0.4 is 10.1 Å². The number of carbonyl (C=O) groups excluding carboxylic acids is 2.